The van der Waals surface area contributed by atoms with Gasteiger partial charge in [-0.3, -0.25) is 18.6 Å². The molecule has 1 fully saturated rings. The highest BCUT2D eigenvalue weighted by Gasteiger charge is 2.57. The Morgan fingerprint density at radius 1 is 1.48 bits per heavy atom. The number of phosphoric ester groups is 1. The van der Waals surface area contributed by atoms with Crippen molar-refractivity contribution < 1.29 is 41.6 Å². The summed E-state index contributed by atoms with van der Waals surface area (Å²) in [6, 6.07) is 4.92. The fourth-order valence-electron chi connectivity index (χ4n) is 3.02. The van der Waals surface area contributed by atoms with Gasteiger partial charge in [0.1, 0.15) is 29.2 Å². The Labute approximate surface area is 185 Å². The maximum atomic E-state index is 15.9. The van der Waals surface area contributed by atoms with Gasteiger partial charge in [-0.25, -0.2) is 13.8 Å². The lowest BCUT2D eigenvalue weighted by Crippen LogP contribution is -2.43. The number of para-hydroxylation sites is 1. The van der Waals surface area contributed by atoms with Crippen molar-refractivity contribution in [3.05, 3.63) is 56.2 Å². The number of aliphatic hydroxyl groups is 2. The third-order valence-electron chi connectivity index (χ3n) is 4.71. The molecule has 1 aromatic carbocycles. The number of rotatable bonds is 4. The van der Waals surface area contributed by atoms with Crippen molar-refractivity contribution in [1.29, 1.82) is 0 Å². The summed E-state index contributed by atoms with van der Waals surface area (Å²) in [5.41, 5.74) is 0.152. The standard InChI is InChI=1S/C18H20FN2O8PS/c1-9-4-3-5-11-7-26-30(25,29-13(9)11)27-8-18(19)14(23)12(22)16(28-18)21-6-10(2)15(31)20-17(21)24/h3-6,12,14,16,22-23H,7-8H2,1-2H3,(H,20,24,31)/t12-,14+,16-,18-,30?/m1/s1/i8D2,16D. The molecule has 31 heavy (non-hydrogen) atoms. The summed E-state index contributed by atoms with van der Waals surface area (Å²) in [4.78, 5) is 14.5. The first-order valence-electron chi connectivity index (χ1n) is 10.5. The Hall–Kier alpha value is -1.92. The number of aromatic nitrogens is 2. The molecule has 2 aromatic rings. The van der Waals surface area contributed by atoms with Gasteiger partial charge in [-0.15, -0.1) is 0 Å². The monoisotopic (exact) mass is 477 g/mol. The van der Waals surface area contributed by atoms with E-state index in [1.54, 1.807) is 25.1 Å². The van der Waals surface area contributed by atoms with Crippen LogP contribution in [0.3, 0.4) is 0 Å². The quantitative estimate of drug-likeness (QED) is 0.448. The van der Waals surface area contributed by atoms with Crippen LogP contribution in [0.2, 0.25) is 0 Å². The van der Waals surface area contributed by atoms with Gasteiger partial charge in [-0.05, 0) is 19.4 Å². The Balaban J connectivity index is 1.69. The normalized spacial score (nSPS) is 36.7. The second-order valence-corrected chi connectivity index (χ2v) is 8.91. The lowest BCUT2D eigenvalue weighted by molar-refractivity contribution is -0.205. The van der Waals surface area contributed by atoms with E-state index in [4.69, 9.17) is 34.6 Å². The molecule has 3 N–H and O–H groups in total. The summed E-state index contributed by atoms with van der Waals surface area (Å²) in [7, 11) is -4.81. The van der Waals surface area contributed by atoms with Gasteiger partial charge in [0.05, 0.1) is 10.7 Å². The summed E-state index contributed by atoms with van der Waals surface area (Å²) in [5, 5.41) is 20.8. The van der Waals surface area contributed by atoms with Crippen molar-refractivity contribution in [2.75, 3.05) is 6.56 Å². The van der Waals surface area contributed by atoms with Gasteiger partial charge in [0.25, 0.3) is 5.85 Å². The van der Waals surface area contributed by atoms with E-state index in [1.807, 2.05) is 0 Å². The molecule has 2 aliphatic heterocycles. The number of nitrogens with zero attached hydrogens (tertiary/aromatic N) is 1. The molecule has 168 valence electrons. The van der Waals surface area contributed by atoms with Crippen LogP contribution in [-0.4, -0.2) is 44.4 Å². The molecule has 0 aliphatic carbocycles. The smallest absolute Gasteiger partial charge is 0.403 e. The highest BCUT2D eigenvalue weighted by Crippen LogP contribution is 2.56. The van der Waals surface area contributed by atoms with Crippen LogP contribution >= 0.6 is 20.0 Å². The van der Waals surface area contributed by atoms with Gasteiger partial charge >= 0.3 is 13.5 Å². The van der Waals surface area contributed by atoms with Crippen LogP contribution in [-0.2, 0) is 25.0 Å². The molecule has 0 amide bonds. The number of fused-ring (bicyclic) bond motifs is 1. The fourth-order valence-corrected chi connectivity index (χ4v) is 4.32. The molecular formula is C18H20FN2O8PS. The molecule has 1 unspecified atom stereocenters. The van der Waals surface area contributed by atoms with E-state index in [-0.39, 0.29) is 22.6 Å². The first kappa shape index (κ1) is 18.6. The summed E-state index contributed by atoms with van der Waals surface area (Å²) < 4.78 is 73.7. The molecule has 4 rings (SSSR count). The molecule has 13 heteroatoms. The number of halogens is 1. The second-order valence-electron chi connectivity index (χ2n) is 6.98. The minimum atomic E-state index is -4.81. The SMILES string of the molecule is [2H]C([2H])(OP1(=O)OCc2cccc(C)c2O1)[C@@]1(F)O[C@@]([2H])(n2cc(C)c(=S)[nH]c2=O)[C@H](O)[C@@H]1O. The Bertz CT molecular complexity index is 1320. The van der Waals surface area contributed by atoms with E-state index in [9.17, 15) is 19.6 Å². The van der Waals surface area contributed by atoms with E-state index in [0.717, 1.165) is 6.20 Å². The summed E-state index contributed by atoms with van der Waals surface area (Å²) in [6.45, 7) is -1.04. The number of H-pyrrole nitrogens is 1. The van der Waals surface area contributed by atoms with Crippen molar-refractivity contribution in [2.45, 2.75) is 44.7 Å². The first-order chi connectivity index (χ1) is 15.6. The number of aliphatic hydroxyl groups excluding tert-OH is 2. The molecule has 10 nitrogen and oxygen atoms in total. The zero-order chi connectivity index (χ0) is 25.3. The average molecular weight is 477 g/mol. The summed E-state index contributed by atoms with van der Waals surface area (Å²) in [5.74, 6) is -3.91. The molecule has 2 aliphatic rings. The first-order valence-corrected chi connectivity index (χ1v) is 10.8. The van der Waals surface area contributed by atoms with Crippen molar-refractivity contribution in [3.8, 4) is 5.75 Å². The molecule has 0 bridgehead atoms. The lowest BCUT2D eigenvalue weighted by atomic mass is 10.1. The average Bonchev–Trinajstić information content (AvgIpc) is 2.93. The number of aromatic amines is 1. The number of aryl methyl sites for hydroxylation is 2. The van der Waals surface area contributed by atoms with E-state index in [1.165, 1.54) is 6.92 Å². The molecule has 1 aromatic heterocycles. The largest absolute Gasteiger partial charge is 0.530 e. The summed E-state index contributed by atoms with van der Waals surface area (Å²) in [6.07, 6.45) is -7.34. The van der Waals surface area contributed by atoms with E-state index >= 15 is 4.39 Å². The third-order valence-corrected chi connectivity index (χ3v) is 6.30. The highest BCUT2D eigenvalue weighted by molar-refractivity contribution is 7.71. The van der Waals surface area contributed by atoms with Crippen LogP contribution in [0.1, 0.15) is 27.0 Å². The van der Waals surface area contributed by atoms with Crippen molar-refractivity contribution in [3.63, 3.8) is 0 Å². The molecule has 0 saturated carbocycles. The van der Waals surface area contributed by atoms with Crippen molar-refractivity contribution in [2.24, 2.45) is 0 Å². The van der Waals surface area contributed by atoms with Gasteiger partial charge in [0.15, 0.2) is 6.20 Å². The minimum Gasteiger partial charge on any atom is -0.403 e. The fraction of sp³-hybridized carbons (Fsp3) is 0.444. The number of ether oxygens (including phenoxy) is 1. The van der Waals surface area contributed by atoms with E-state index in [0.29, 0.717) is 15.7 Å². The zero-order valence-corrected chi connectivity index (χ0v) is 17.9. The molecule has 3 heterocycles. The predicted molar refractivity (Wildman–Crippen MR) is 107 cm³/mol. The second kappa shape index (κ2) is 7.89. The van der Waals surface area contributed by atoms with Crippen LogP contribution in [0.25, 0.3) is 0 Å². The highest BCUT2D eigenvalue weighted by atomic mass is 32.1. The van der Waals surface area contributed by atoms with E-state index in [2.05, 4.69) is 4.98 Å². The van der Waals surface area contributed by atoms with Crippen molar-refractivity contribution >= 4 is 20.0 Å². The van der Waals surface area contributed by atoms with Gasteiger partial charge in [0, 0.05) is 17.3 Å². The van der Waals surface area contributed by atoms with Crippen molar-refractivity contribution in [1.82, 2.24) is 9.55 Å². The van der Waals surface area contributed by atoms with Gasteiger partial charge in [-0.2, -0.15) is 0 Å². The molecule has 0 spiro atoms. The van der Waals surface area contributed by atoms with Crippen LogP contribution in [0.15, 0.2) is 29.2 Å². The minimum absolute atomic E-state index is 0.00308. The molecular weight excluding hydrogens is 454 g/mol. The van der Waals surface area contributed by atoms with Crippen LogP contribution in [0.4, 0.5) is 4.39 Å². The Morgan fingerprint density at radius 3 is 2.97 bits per heavy atom. The predicted octanol–water partition coefficient (Wildman–Crippen LogP) is 2.17. The van der Waals surface area contributed by atoms with Gasteiger partial charge < -0.3 is 19.5 Å². The Kier molecular flexibility index (Phi) is 4.74. The Morgan fingerprint density at radius 2 is 2.23 bits per heavy atom. The third kappa shape index (κ3) is 4.00. The number of phosphoric acid groups is 1. The lowest BCUT2D eigenvalue weighted by Gasteiger charge is -2.29. The number of alkyl halides is 1. The maximum Gasteiger partial charge on any atom is 0.530 e. The topological polar surface area (TPSA) is 132 Å². The van der Waals surface area contributed by atoms with Gasteiger partial charge in [-0.1, -0.05) is 30.4 Å². The van der Waals surface area contributed by atoms with Crippen LogP contribution in [0.5, 0.6) is 5.75 Å². The molecule has 0 radical (unpaired) electrons. The molecule has 1 saturated heterocycles. The number of hydrogen-bond acceptors (Lipinski definition) is 9. The van der Waals surface area contributed by atoms with Gasteiger partial charge in [0.2, 0.25) is 0 Å². The summed E-state index contributed by atoms with van der Waals surface area (Å²) >= 11 is 4.91. The van der Waals surface area contributed by atoms with Crippen LogP contribution in [0, 0.1) is 18.5 Å². The molecule has 5 atom stereocenters. The zero-order valence-electron chi connectivity index (χ0n) is 19.2. The maximum absolute atomic E-state index is 15.9. The number of nitrogens with one attached hydrogen (secondary N) is 1. The van der Waals surface area contributed by atoms with E-state index < -0.39 is 44.3 Å². The number of benzene rings is 1. The van der Waals surface area contributed by atoms with Crippen LogP contribution < -0.4 is 10.2 Å². The number of hydrogen-bond donors (Lipinski definition) is 3.